The first-order valence-electron chi connectivity index (χ1n) is 5.31. The summed E-state index contributed by atoms with van der Waals surface area (Å²) in [7, 11) is 3.53. The van der Waals surface area contributed by atoms with E-state index in [2.05, 4.69) is 20.6 Å². The lowest BCUT2D eigenvalue weighted by molar-refractivity contribution is 1.04. The molecule has 0 atom stereocenters. The summed E-state index contributed by atoms with van der Waals surface area (Å²) in [4.78, 5) is 18.9. The van der Waals surface area contributed by atoms with Crippen LogP contribution in [-0.4, -0.2) is 28.6 Å². The van der Waals surface area contributed by atoms with E-state index in [1.165, 1.54) is 0 Å². The van der Waals surface area contributed by atoms with Crippen LogP contribution in [0.15, 0.2) is 23.3 Å². The molecule has 6 nitrogen and oxygen atoms in total. The van der Waals surface area contributed by atoms with Gasteiger partial charge in [0, 0.05) is 32.2 Å². The highest BCUT2D eigenvalue weighted by molar-refractivity contribution is 5.79. The molecule has 0 spiro atoms. The van der Waals surface area contributed by atoms with E-state index >= 15 is 0 Å². The standard InChI is InChI=1S/C11H15N5O/c1-7(6-12-2)16-5-4-8-9(16)10(17)15-11(13-3)14-8/h4-6,12H,1-3H3,(H2,13,14,15,17)/b7-6+. The van der Waals surface area contributed by atoms with Crippen molar-refractivity contribution in [3.63, 3.8) is 0 Å². The van der Waals surface area contributed by atoms with Crippen molar-refractivity contribution in [1.29, 1.82) is 0 Å². The Balaban J connectivity index is 2.69. The third-order valence-corrected chi connectivity index (χ3v) is 2.51. The van der Waals surface area contributed by atoms with Crippen LogP contribution in [0.5, 0.6) is 0 Å². The van der Waals surface area contributed by atoms with Gasteiger partial charge in [-0.15, -0.1) is 0 Å². The first-order valence-corrected chi connectivity index (χ1v) is 5.31. The molecule has 0 aromatic carbocycles. The van der Waals surface area contributed by atoms with Gasteiger partial charge < -0.3 is 15.2 Å². The fourth-order valence-corrected chi connectivity index (χ4v) is 1.74. The number of fused-ring (bicyclic) bond motifs is 1. The van der Waals surface area contributed by atoms with Gasteiger partial charge in [-0.1, -0.05) is 0 Å². The van der Waals surface area contributed by atoms with Crippen molar-refractivity contribution in [2.45, 2.75) is 6.92 Å². The van der Waals surface area contributed by atoms with Crippen molar-refractivity contribution >= 4 is 22.7 Å². The molecule has 0 aliphatic heterocycles. The van der Waals surface area contributed by atoms with Crippen LogP contribution in [0.4, 0.5) is 5.95 Å². The SMILES string of the molecule is CN/C=C(\C)n1ccc2nc(NC)[nH]c(=O)c21. The monoisotopic (exact) mass is 233 g/mol. The van der Waals surface area contributed by atoms with Gasteiger partial charge in [-0.3, -0.25) is 9.78 Å². The van der Waals surface area contributed by atoms with Gasteiger partial charge in [-0.2, -0.15) is 0 Å². The molecule has 0 saturated carbocycles. The minimum absolute atomic E-state index is 0.159. The lowest BCUT2D eigenvalue weighted by Gasteiger charge is -2.05. The molecule has 0 unspecified atom stereocenters. The number of rotatable bonds is 3. The summed E-state index contributed by atoms with van der Waals surface area (Å²) in [5, 5.41) is 5.76. The van der Waals surface area contributed by atoms with E-state index < -0.39 is 0 Å². The molecule has 2 aromatic heterocycles. The molecule has 0 bridgehead atoms. The summed E-state index contributed by atoms with van der Waals surface area (Å²) in [5.74, 6) is 0.468. The van der Waals surface area contributed by atoms with Crippen molar-refractivity contribution < 1.29 is 0 Å². The van der Waals surface area contributed by atoms with E-state index in [0.717, 1.165) is 5.70 Å². The first-order chi connectivity index (χ1) is 8.17. The van der Waals surface area contributed by atoms with Crippen LogP contribution < -0.4 is 16.2 Å². The normalized spacial score (nSPS) is 11.8. The Bertz CT molecular complexity index is 622. The number of hydrogen-bond acceptors (Lipinski definition) is 4. The molecule has 6 heteroatoms. The molecule has 17 heavy (non-hydrogen) atoms. The number of anilines is 1. The maximum absolute atomic E-state index is 11.9. The Labute approximate surface area is 98.4 Å². The molecule has 0 amide bonds. The number of hydrogen-bond donors (Lipinski definition) is 3. The summed E-state index contributed by atoms with van der Waals surface area (Å²) in [6, 6.07) is 1.82. The third-order valence-electron chi connectivity index (χ3n) is 2.51. The summed E-state index contributed by atoms with van der Waals surface area (Å²) in [6.45, 7) is 1.92. The predicted molar refractivity (Wildman–Crippen MR) is 68.9 cm³/mol. The topological polar surface area (TPSA) is 74.7 Å². The lowest BCUT2D eigenvalue weighted by Crippen LogP contribution is -2.14. The minimum atomic E-state index is -0.159. The zero-order valence-electron chi connectivity index (χ0n) is 10.0. The minimum Gasteiger partial charge on any atom is -0.393 e. The number of nitrogens with one attached hydrogen (secondary N) is 3. The predicted octanol–water partition coefficient (Wildman–Crippen LogP) is 0.804. The van der Waals surface area contributed by atoms with Crippen LogP contribution in [0.25, 0.3) is 16.7 Å². The van der Waals surface area contributed by atoms with Crippen molar-refractivity contribution in [2.24, 2.45) is 0 Å². The van der Waals surface area contributed by atoms with Crippen LogP contribution in [0.3, 0.4) is 0 Å². The van der Waals surface area contributed by atoms with Crippen molar-refractivity contribution in [3.8, 4) is 0 Å². The zero-order valence-corrected chi connectivity index (χ0v) is 10.0. The molecule has 2 aromatic rings. The molecular formula is C11H15N5O. The summed E-state index contributed by atoms with van der Waals surface area (Å²) >= 11 is 0. The van der Waals surface area contributed by atoms with E-state index in [1.807, 2.05) is 32.4 Å². The van der Waals surface area contributed by atoms with E-state index in [4.69, 9.17) is 0 Å². The average Bonchev–Trinajstić information content (AvgIpc) is 2.73. The van der Waals surface area contributed by atoms with Crippen LogP contribution in [0.1, 0.15) is 6.92 Å². The molecule has 3 N–H and O–H groups in total. The van der Waals surface area contributed by atoms with Gasteiger partial charge in [0.15, 0.2) is 0 Å². The summed E-state index contributed by atoms with van der Waals surface area (Å²) in [6.07, 6.45) is 3.65. The smallest absolute Gasteiger partial charge is 0.277 e. The molecule has 2 heterocycles. The molecule has 0 saturated heterocycles. The second kappa shape index (κ2) is 4.32. The second-order valence-corrected chi connectivity index (χ2v) is 3.66. The fraction of sp³-hybridized carbons (Fsp3) is 0.273. The Hall–Kier alpha value is -2.24. The number of aromatic nitrogens is 3. The van der Waals surface area contributed by atoms with E-state index in [9.17, 15) is 4.79 Å². The van der Waals surface area contributed by atoms with Gasteiger partial charge in [-0.25, -0.2) is 4.98 Å². The molecule has 90 valence electrons. The molecule has 0 aliphatic rings. The first kappa shape index (κ1) is 11.3. The van der Waals surface area contributed by atoms with Gasteiger partial charge >= 0.3 is 0 Å². The summed E-state index contributed by atoms with van der Waals surface area (Å²) in [5.41, 5.74) is 1.98. The van der Waals surface area contributed by atoms with Gasteiger partial charge in [0.1, 0.15) is 5.52 Å². The largest absolute Gasteiger partial charge is 0.393 e. The highest BCUT2D eigenvalue weighted by atomic mass is 16.1. The molecule has 0 aliphatic carbocycles. The molecule has 0 radical (unpaired) electrons. The quantitative estimate of drug-likeness (QED) is 0.733. The van der Waals surface area contributed by atoms with Crippen LogP contribution in [0.2, 0.25) is 0 Å². The third kappa shape index (κ3) is 1.89. The zero-order chi connectivity index (χ0) is 12.4. The summed E-state index contributed by atoms with van der Waals surface area (Å²) < 4.78 is 1.80. The number of allylic oxidation sites excluding steroid dienone is 1. The maximum atomic E-state index is 11.9. The second-order valence-electron chi connectivity index (χ2n) is 3.66. The fourth-order valence-electron chi connectivity index (χ4n) is 1.74. The van der Waals surface area contributed by atoms with Crippen molar-refractivity contribution in [3.05, 3.63) is 28.8 Å². The number of aromatic amines is 1. The molecular weight excluding hydrogens is 218 g/mol. The Kier molecular flexibility index (Phi) is 2.86. The van der Waals surface area contributed by atoms with Gasteiger partial charge in [0.05, 0.1) is 5.52 Å². The highest BCUT2D eigenvalue weighted by Gasteiger charge is 2.09. The number of nitrogens with zero attached hydrogens (tertiary/aromatic N) is 2. The highest BCUT2D eigenvalue weighted by Crippen LogP contribution is 2.14. The van der Waals surface area contributed by atoms with E-state index in [0.29, 0.717) is 17.0 Å². The van der Waals surface area contributed by atoms with Crippen LogP contribution in [-0.2, 0) is 0 Å². The Morgan fingerprint density at radius 1 is 1.53 bits per heavy atom. The number of H-pyrrole nitrogens is 1. The van der Waals surface area contributed by atoms with Crippen molar-refractivity contribution in [1.82, 2.24) is 19.9 Å². The molecule has 0 fully saturated rings. The van der Waals surface area contributed by atoms with Gasteiger partial charge in [0.2, 0.25) is 5.95 Å². The van der Waals surface area contributed by atoms with Gasteiger partial charge in [0.25, 0.3) is 5.56 Å². The Morgan fingerprint density at radius 2 is 2.29 bits per heavy atom. The average molecular weight is 233 g/mol. The van der Waals surface area contributed by atoms with E-state index in [-0.39, 0.29) is 5.56 Å². The lowest BCUT2D eigenvalue weighted by atomic mass is 10.4. The van der Waals surface area contributed by atoms with Gasteiger partial charge in [-0.05, 0) is 13.0 Å². The Morgan fingerprint density at radius 3 is 2.94 bits per heavy atom. The maximum Gasteiger partial charge on any atom is 0.277 e. The van der Waals surface area contributed by atoms with E-state index in [1.54, 1.807) is 11.6 Å². The molecule has 2 rings (SSSR count). The van der Waals surface area contributed by atoms with Crippen LogP contribution in [0, 0.1) is 0 Å². The van der Waals surface area contributed by atoms with Crippen molar-refractivity contribution in [2.75, 3.05) is 19.4 Å². The van der Waals surface area contributed by atoms with Crippen LogP contribution >= 0.6 is 0 Å².